The van der Waals surface area contributed by atoms with Crippen LogP contribution in [0.2, 0.25) is 0 Å². The van der Waals surface area contributed by atoms with Gasteiger partial charge in [-0.05, 0) is 6.42 Å². The van der Waals surface area contributed by atoms with E-state index in [1.807, 2.05) is 13.0 Å². The number of thioether (sulfide) groups is 1. The maximum absolute atomic E-state index is 10.9. The average Bonchev–Trinajstić information content (AvgIpc) is 2.14. The molecule has 5 heteroatoms. The number of hydrogen-bond donors (Lipinski definition) is 2. The maximum Gasteiger partial charge on any atom is 0.230 e. The van der Waals surface area contributed by atoms with Gasteiger partial charge in [0.1, 0.15) is 6.54 Å². The molecule has 0 aromatic rings. The van der Waals surface area contributed by atoms with E-state index in [0.717, 1.165) is 12.2 Å². The number of amides is 1. The topological polar surface area (TPSA) is 78.9 Å². The monoisotopic (exact) mass is 201 g/mol. The Morgan fingerprint density at radius 2 is 2.46 bits per heavy atom. The lowest BCUT2D eigenvalue weighted by atomic mass is 10.3. The summed E-state index contributed by atoms with van der Waals surface area (Å²) in [6, 6.07) is 2.00. The second-order valence-electron chi connectivity index (χ2n) is 2.62. The van der Waals surface area contributed by atoms with E-state index in [-0.39, 0.29) is 18.5 Å². The van der Waals surface area contributed by atoms with E-state index in [0.29, 0.717) is 5.75 Å². The molecule has 0 aromatic heterocycles. The van der Waals surface area contributed by atoms with Gasteiger partial charge in [-0.2, -0.15) is 17.0 Å². The van der Waals surface area contributed by atoms with E-state index >= 15 is 0 Å². The number of hydrogen-bond acceptors (Lipinski definition) is 4. The minimum absolute atomic E-state index is 0.0826. The van der Waals surface area contributed by atoms with Gasteiger partial charge in [0.05, 0.1) is 11.8 Å². The summed E-state index contributed by atoms with van der Waals surface area (Å²) in [6.45, 7) is 2.10. The highest BCUT2D eigenvalue weighted by Gasteiger charge is 2.03. The smallest absolute Gasteiger partial charge is 0.230 e. The quantitative estimate of drug-likeness (QED) is 0.597. The molecule has 0 aromatic carbocycles. The third-order valence-electron chi connectivity index (χ3n) is 1.45. The van der Waals surface area contributed by atoms with Crippen LogP contribution in [-0.4, -0.2) is 30.0 Å². The van der Waals surface area contributed by atoms with Gasteiger partial charge in [0.2, 0.25) is 5.91 Å². The zero-order valence-electron chi connectivity index (χ0n) is 7.75. The second-order valence-corrected chi connectivity index (χ2v) is 3.65. The molecule has 0 aliphatic carbocycles. The number of nitriles is 1. The summed E-state index contributed by atoms with van der Waals surface area (Å²) < 4.78 is 0. The Bertz CT molecular complexity index is 190. The van der Waals surface area contributed by atoms with Crippen LogP contribution < -0.4 is 11.1 Å². The van der Waals surface area contributed by atoms with Crippen molar-refractivity contribution in [3.05, 3.63) is 0 Å². The first kappa shape index (κ1) is 12.3. The van der Waals surface area contributed by atoms with Gasteiger partial charge in [0, 0.05) is 11.8 Å². The Morgan fingerprint density at radius 1 is 1.77 bits per heavy atom. The largest absolute Gasteiger partial charge is 0.342 e. The minimum Gasteiger partial charge on any atom is -0.342 e. The van der Waals surface area contributed by atoms with E-state index in [2.05, 4.69) is 5.32 Å². The summed E-state index contributed by atoms with van der Waals surface area (Å²) in [5, 5.41) is 10.6. The third-order valence-corrected chi connectivity index (χ3v) is 2.58. The van der Waals surface area contributed by atoms with Crippen molar-refractivity contribution in [2.75, 3.05) is 18.1 Å². The predicted octanol–water partition coefficient (Wildman–Crippen LogP) is 0.0967. The van der Waals surface area contributed by atoms with E-state index in [1.54, 1.807) is 0 Å². The predicted molar refractivity (Wildman–Crippen MR) is 54.2 cm³/mol. The Labute approximate surface area is 82.9 Å². The zero-order chi connectivity index (χ0) is 10.1. The van der Waals surface area contributed by atoms with Crippen molar-refractivity contribution in [1.82, 2.24) is 5.32 Å². The lowest BCUT2D eigenvalue weighted by Gasteiger charge is -2.06. The van der Waals surface area contributed by atoms with Crippen molar-refractivity contribution in [2.45, 2.75) is 19.4 Å². The van der Waals surface area contributed by atoms with Crippen LogP contribution in [-0.2, 0) is 4.79 Å². The number of carbonyl (C=O) groups excluding carboxylic acids is 1. The molecule has 1 unspecified atom stereocenters. The number of nitrogens with zero attached hydrogens (tertiary/aromatic N) is 1. The Kier molecular flexibility index (Phi) is 7.45. The summed E-state index contributed by atoms with van der Waals surface area (Å²) >= 11 is 1.50. The molecule has 1 amide bonds. The number of carbonyl (C=O) groups is 1. The Morgan fingerprint density at radius 3 is 3.00 bits per heavy atom. The molecule has 0 spiro atoms. The fraction of sp³-hybridized carbons (Fsp3) is 0.750. The van der Waals surface area contributed by atoms with Crippen molar-refractivity contribution in [3.8, 4) is 6.07 Å². The van der Waals surface area contributed by atoms with Gasteiger partial charge in [0.15, 0.2) is 0 Å². The van der Waals surface area contributed by atoms with Crippen LogP contribution in [0.4, 0.5) is 0 Å². The molecular weight excluding hydrogens is 186 g/mol. The van der Waals surface area contributed by atoms with Crippen molar-refractivity contribution >= 4 is 17.7 Å². The van der Waals surface area contributed by atoms with Gasteiger partial charge >= 0.3 is 0 Å². The molecule has 0 heterocycles. The molecule has 0 aliphatic rings. The van der Waals surface area contributed by atoms with Crippen molar-refractivity contribution in [1.29, 1.82) is 5.26 Å². The average molecular weight is 201 g/mol. The lowest BCUT2D eigenvalue weighted by Crippen LogP contribution is -2.27. The zero-order valence-corrected chi connectivity index (χ0v) is 8.56. The molecule has 3 N–H and O–H groups in total. The summed E-state index contributed by atoms with van der Waals surface area (Å²) in [5.74, 6) is 1.07. The van der Waals surface area contributed by atoms with Crippen LogP contribution in [0.5, 0.6) is 0 Å². The van der Waals surface area contributed by atoms with Gasteiger partial charge in [-0.3, -0.25) is 4.79 Å². The van der Waals surface area contributed by atoms with Crippen molar-refractivity contribution in [2.24, 2.45) is 5.73 Å². The van der Waals surface area contributed by atoms with E-state index in [9.17, 15) is 4.79 Å². The first-order valence-corrected chi connectivity index (χ1v) is 5.33. The summed E-state index contributed by atoms with van der Waals surface area (Å²) in [4.78, 5) is 10.9. The Hall–Kier alpha value is -0.730. The number of nitrogens with two attached hydrogens (primary N) is 1. The highest BCUT2D eigenvalue weighted by atomic mass is 32.2. The lowest BCUT2D eigenvalue weighted by molar-refractivity contribution is -0.118. The van der Waals surface area contributed by atoms with Crippen molar-refractivity contribution in [3.63, 3.8) is 0 Å². The van der Waals surface area contributed by atoms with Gasteiger partial charge < -0.3 is 11.1 Å². The standard InChI is InChI=1S/C8H15N3OS/c1-2-7(10)5-13-6-8(12)11-4-3-9/h7H,2,4-6,10H2,1H3,(H,11,12). The first-order chi connectivity index (χ1) is 6.20. The minimum atomic E-state index is -0.102. The molecule has 74 valence electrons. The fourth-order valence-corrected chi connectivity index (χ4v) is 1.55. The van der Waals surface area contributed by atoms with Crippen LogP contribution >= 0.6 is 11.8 Å². The van der Waals surface area contributed by atoms with E-state index < -0.39 is 0 Å². The van der Waals surface area contributed by atoms with Gasteiger partial charge in [-0.25, -0.2) is 0 Å². The van der Waals surface area contributed by atoms with Crippen molar-refractivity contribution < 1.29 is 4.79 Å². The van der Waals surface area contributed by atoms with Crippen LogP contribution in [0, 0.1) is 11.3 Å². The normalized spacial score (nSPS) is 11.8. The van der Waals surface area contributed by atoms with Gasteiger partial charge in [-0.15, -0.1) is 0 Å². The fourth-order valence-electron chi connectivity index (χ4n) is 0.610. The summed E-state index contributed by atoms with van der Waals surface area (Å²) in [6.07, 6.45) is 0.923. The molecule has 0 fully saturated rings. The molecule has 0 saturated carbocycles. The van der Waals surface area contributed by atoms with Gasteiger partial charge in [-0.1, -0.05) is 6.92 Å². The van der Waals surface area contributed by atoms with E-state index in [4.69, 9.17) is 11.0 Å². The molecule has 1 atom stereocenters. The summed E-state index contributed by atoms with van der Waals surface area (Å²) in [7, 11) is 0. The first-order valence-electron chi connectivity index (χ1n) is 4.17. The molecule has 4 nitrogen and oxygen atoms in total. The molecule has 0 rings (SSSR count). The van der Waals surface area contributed by atoms with Gasteiger partial charge in [0.25, 0.3) is 0 Å². The highest BCUT2D eigenvalue weighted by molar-refractivity contribution is 7.99. The SMILES string of the molecule is CCC(N)CSCC(=O)NCC#N. The highest BCUT2D eigenvalue weighted by Crippen LogP contribution is 2.02. The van der Waals surface area contributed by atoms with Crippen LogP contribution in [0.3, 0.4) is 0 Å². The molecule has 0 bridgehead atoms. The second kappa shape index (κ2) is 7.90. The third kappa shape index (κ3) is 7.62. The molecule has 0 saturated heterocycles. The van der Waals surface area contributed by atoms with Crippen LogP contribution in [0.25, 0.3) is 0 Å². The van der Waals surface area contributed by atoms with Crippen LogP contribution in [0.1, 0.15) is 13.3 Å². The molecule has 0 aliphatic heterocycles. The summed E-state index contributed by atoms with van der Waals surface area (Å²) in [5.41, 5.74) is 5.65. The molecular formula is C8H15N3OS. The Balaban J connectivity index is 3.32. The van der Waals surface area contributed by atoms with Crippen LogP contribution in [0.15, 0.2) is 0 Å². The molecule has 0 radical (unpaired) electrons. The van der Waals surface area contributed by atoms with E-state index in [1.165, 1.54) is 11.8 Å². The maximum atomic E-state index is 10.9. The number of rotatable bonds is 6. The molecule has 13 heavy (non-hydrogen) atoms. The number of nitrogens with one attached hydrogen (secondary N) is 1.